The van der Waals surface area contributed by atoms with Crippen LogP contribution < -0.4 is 5.14 Å². The van der Waals surface area contributed by atoms with Gasteiger partial charge in [-0.1, -0.05) is 30.3 Å². The molecule has 0 radical (unpaired) electrons. The molecule has 0 aliphatic heterocycles. The van der Waals surface area contributed by atoms with Crippen LogP contribution in [-0.2, 0) is 16.6 Å². The minimum absolute atomic E-state index is 0.0595. The Balaban J connectivity index is 2.31. The first-order valence-corrected chi connectivity index (χ1v) is 8.68. The van der Waals surface area contributed by atoms with Crippen molar-refractivity contribution in [1.29, 1.82) is 0 Å². The predicted octanol–water partition coefficient (Wildman–Crippen LogP) is 2.22. The van der Waals surface area contributed by atoms with E-state index in [0.717, 1.165) is 11.1 Å². The molecular weight excluding hydrogens is 312 g/mol. The van der Waals surface area contributed by atoms with Gasteiger partial charge in [-0.05, 0) is 42.7 Å². The van der Waals surface area contributed by atoms with E-state index in [9.17, 15) is 13.2 Å². The lowest BCUT2D eigenvalue weighted by molar-refractivity contribution is 0.0784. The average Bonchev–Trinajstić information content (AvgIpc) is 2.48. The molecule has 0 aromatic heterocycles. The van der Waals surface area contributed by atoms with Gasteiger partial charge in [0.2, 0.25) is 10.0 Å². The Morgan fingerprint density at radius 3 is 2.35 bits per heavy atom. The molecule has 0 heterocycles. The fraction of sp³-hybridized carbons (Fsp3) is 0.235. The van der Waals surface area contributed by atoms with Gasteiger partial charge in [-0.2, -0.15) is 0 Å². The van der Waals surface area contributed by atoms with Gasteiger partial charge in [0.05, 0.1) is 4.90 Å². The molecule has 0 saturated carbocycles. The highest BCUT2D eigenvalue weighted by Gasteiger charge is 2.18. The highest BCUT2D eigenvalue weighted by molar-refractivity contribution is 7.89. The molecular formula is C17H20N2O3S. The number of aryl methyl sites for hydroxylation is 2. The van der Waals surface area contributed by atoms with Gasteiger partial charge in [0.25, 0.3) is 5.91 Å². The second kappa shape index (κ2) is 6.52. The van der Waals surface area contributed by atoms with Crippen LogP contribution in [0.25, 0.3) is 0 Å². The second-order valence-corrected chi connectivity index (χ2v) is 7.17. The van der Waals surface area contributed by atoms with E-state index in [4.69, 9.17) is 5.14 Å². The third-order valence-corrected chi connectivity index (χ3v) is 4.69. The molecule has 6 heteroatoms. The van der Waals surface area contributed by atoms with Crippen LogP contribution in [0, 0.1) is 13.8 Å². The maximum Gasteiger partial charge on any atom is 0.254 e. The summed E-state index contributed by atoms with van der Waals surface area (Å²) in [6.45, 7) is 4.20. The molecule has 0 aliphatic rings. The highest BCUT2D eigenvalue weighted by Crippen LogP contribution is 2.18. The van der Waals surface area contributed by atoms with Crippen LogP contribution in [0.1, 0.15) is 27.0 Å². The molecule has 2 N–H and O–H groups in total. The normalized spacial score (nSPS) is 11.3. The largest absolute Gasteiger partial charge is 0.337 e. The number of primary sulfonamides is 1. The van der Waals surface area contributed by atoms with Crippen molar-refractivity contribution in [2.45, 2.75) is 25.3 Å². The monoisotopic (exact) mass is 332 g/mol. The van der Waals surface area contributed by atoms with Crippen molar-refractivity contribution >= 4 is 15.9 Å². The lowest BCUT2D eigenvalue weighted by Gasteiger charge is -2.20. The lowest BCUT2D eigenvalue weighted by Crippen LogP contribution is -2.27. The van der Waals surface area contributed by atoms with Crippen molar-refractivity contribution in [1.82, 2.24) is 4.90 Å². The summed E-state index contributed by atoms with van der Waals surface area (Å²) in [5.74, 6) is -0.240. The van der Waals surface area contributed by atoms with Crippen molar-refractivity contribution in [3.8, 4) is 0 Å². The summed E-state index contributed by atoms with van der Waals surface area (Å²) in [5.41, 5.74) is 3.19. The molecule has 0 aliphatic carbocycles. The Labute approximate surface area is 136 Å². The molecule has 0 fully saturated rings. The molecule has 1 amide bonds. The SMILES string of the molecule is Cc1ccccc1CN(C)C(=O)c1cc(S(N)(=O)=O)ccc1C. The van der Waals surface area contributed by atoms with Gasteiger partial charge in [-0.15, -0.1) is 0 Å². The Kier molecular flexibility index (Phi) is 4.87. The number of carbonyl (C=O) groups is 1. The molecule has 5 nitrogen and oxygen atoms in total. The molecule has 2 aromatic rings. The van der Waals surface area contributed by atoms with E-state index >= 15 is 0 Å². The number of rotatable bonds is 4. The van der Waals surface area contributed by atoms with Crippen LogP contribution in [0.5, 0.6) is 0 Å². The average molecular weight is 332 g/mol. The Morgan fingerprint density at radius 1 is 1.09 bits per heavy atom. The Hall–Kier alpha value is -2.18. The summed E-state index contributed by atoms with van der Waals surface area (Å²) in [7, 11) is -2.15. The Morgan fingerprint density at radius 2 is 1.74 bits per heavy atom. The van der Waals surface area contributed by atoms with Crippen LogP contribution in [0.2, 0.25) is 0 Å². The minimum Gasteiger partial charge on any atom is -0.337 e. The van der Waals surface area contributed by atoms with E-state index in [2.05, 4.69) is 0 Å². The molecule has 0 atom stereocenters. The second-order valence-electron chi connectivity index (χ2n) is 5.61. The van der Waals surface area contributed by atoms with Gasteiger partial charge in [-0.3, -0.25) is 4.79 Å². The number of hydrogen-bond acceptors (Lipinski definition) is 3. The van der Waals surface area contributed by atoms with Gasteiger partial charge >= 0.3 is 0 Å². The summed E-state index contributed by atoms with van der Waals surface area (Å²) >= 11 is 0. The van der Waals surface area contributed by atoms with E-state index in [1.807, 2.05) is 31.2 Å². The highest BCUT2D eigenvalue weighted by atomic mass is 32.2. The summed E-state index contributed by atoms with van der Waals surface area (Å²) in [4.78, 5) is 14.2. The van der Waals surface area contributed by atoms with Crippen molar-refractivity contribution in [2.75, 3.05) is 7.05 Å². The summed E-state index contributed by atoms with van der Waals surface area (Å²) in [5, 5.41) is 5.14. The Bertz CT molecular complexity index is 845. The predicted molar refractivity (Wildman–Crippen MR) is 89.5 cm³/mol. The zero-order valence-corrected chi connectivity index (χ0v) is 14.2. The zero-order chi connectivity index (χ0) is 17.2. The lowest BCUT2D eigenvalue weighted by atomic mass is 10.1. The van der Waals surface area contributed by atoms with E-state index in [1.54, 1.807) is 24.9 Å². The van der Waals surface area contributed by atoms with Crippen LogP contribution >= 0.6 is 0 Å². The number of carbonyl (C=O) groups excluding carboxylic acids is 1. The summed E-state index contributed by atoms with van der Waals surface area (Å²) < 4.78 is 23.0. The van der Waals surface area contributed by atoms with Crippen LogP contribution in [0.3, 0.4) is 0 Å². The number of nitrogens with two attached hydrogens (primary N) is 1. The summed E-state index contributed by atoms with van der Waals surface area (Å²) in [6.07, 6.45) is 0. The maximum atomic E-state index is 12.7. The quantitative estimate of drug-likeness (QED) is 0.932. The van der Waals surface area contributed by atoms with Gasteiger partial charge < -0.3 is 4.90 Å². The van der Waals surface area contributed by atoms with E-state index in [-0.39, 0.29) is 10.8 Å². The summed E-state index contributed by atoms with van der Waals surface area (Å²) in [6, 6.07) is 12.2. The number of hydrogen-bond donors (Lipinski definition) is 1. The molecule has 0 spiro atoms. The van der Waals surface area contributed by atoms with Crippen LogP contribution in [0.15, 0.2) is 47.4 Å². The molecule has 2 aromatic carbocycles. The molecule has 0 unspecified atom stereocenters. The van der Waals surface area contributed by atoms with Gasteiger partial charge in [0, 0.05) is 19.2 Å². The third-order valence-electron chi connectivity index (χ3n) is 3.78. The van der Waals surface area contributed by atoms with Crippen LogP contribution in [-0.4, -0.2) is 26.3 Å². The molecule has 0 bridgehead atoms. The van der Waals surface area contributed by atoms with Crippen molar-refractivity contribution < 1.29 is 13.2 Å². The van der Waals surface area contributed by atoms with Crippen molar-refractivity contribution in [3.63, 3.8) is 0 Å². The smallest absolute Gasteiger partial charge is 0.254 e. The number of nitrogens with zero attached hydrogens (tertiary/aromatic N) is 1. The van der Waals surface area contributed by atoms with Gasteiger partial charge in [0.15, 0.2) is 0 Å². The van der Waals surface area contributed by atoms with E-state index in [1.165, 1.54) is 12.1 Å². The fourth-order valence-electron chi connectivity index (χ4n) is 2.33. The first kappa shape index (κ1) is 17.2. The van der Waals surface area contributed by atoms with Crippen molar-refractivity contribution in [2.24, 2.45) is 5.14 Å². The standard InChI is InChI=1S/C17H20N2O3S/c1-12-6-4-5-7-14(12)11-19(3)17(20)16-10-15(23(18,21)22)9-8-13(16)2/h4-10H,11H2,1-3H3,(H2,18,21,22). The fourth-order valence-corrected chi connectivity index (χ4v) is 2.87. The number of amides is 1. The third kappa shape index (κ3) is 3.97. The number of benzene rings is 2. The first-order chi connectivity index (χ1) is 10.7. The van der Waals surface area contributed by atoms with E-state index < -0.39 is 10.0 Å². The van der Waals surface area contributed by atoms with Crippen LogP contribution in [0.4, 0.5) is 0 Å². The van der Waals surface area contributed by atoms with Crippen molar-refractivity contribution in [3.05, 3.63) is 64.7 Å². The van der Waals surface area contributed by atoms with Gasteiger partial charge in [-0.25, -0.2) is 13.6 Å². The minimum atomic E-state index is -3.84. The number of sulfonamides is 1. The van der Waals surface area contributed by atoms with E-state index in [0.29, 0.717) is 17.7 Å². The maximum absolute atomic E-state index is 12.7. The topological polar surface area (TPSA) is 80.5 Å². The molecule has 23 heavy (non-hydrogen) atoms. The zero-order valence-electron chi connectivity index (χ0n) is 13.4. The molecule has 2 rings (SSSR count). The molecule has 0 saturated heterocycles. The first-order valence-electron chi connectivity index (χ1n) is 7.13. The van der Waals surface area contributed by atoms with Gasteiger partial charge in [0.1, 0.15) is 0 Å². The molecule has 122 valence electrons.